The predicted octanol–water partition coefficient (Wildman–Crippen LogP) is 2.84. The third-order valence-corrected chi connectivity index (χ3v) is 3.43. The summed E-state index contributed by atoms with van der Waals surface area (Å²) in [5.74, 6) is 0. The molecule has 0 saturated carbocycles. The van der Waals surface area contributed by atoms with Crippen molar-refractivity contribution in [2.24, 2.45) is 0 Å². The average molecular weight is 291 g/mol. The highest BCUT2D eigenvalue weighted by molar-refractivity contribution is 7.81. The second kappa shape index (κ2) is 5.81. The average Bonchev–Trinajstić information content (AvgIpc) is 2.41. The molecule has 0 spiro atoms. The Hall–Kier alpha value is -2.25. The highest BCUT2D eigenvalue weighted by atomic mass is 32.2. The van der Waals surface area contributed by atoms with Crippen molar-refractivity contribution in [3.63, 3.8) is 0 Å². The number of benzene rings is 2. The van der Waals surface area contributed by atoms with Crippen LogP contribution in [0.25, 0.3) is 0 Å². The van der Waals surface area contributed by atoms with Gasteiger partial charge < -0.3 is 4.55 Å². The SMILES string of the molecule is Cc1ccc(N(c2ccc([N+](=O)[O-])cc2)S(=O)[O-])cc1. The van der Waals surface area contributed by atoms with E-state index in [1.807, 2.05) is 6.92 Å². The van der Waals surface area contributed by atoms with Gasteiger partial charge in [-0.3, -0.25) is 18.6 Å². The molecule has 2 rings (SSSR count). The third-order valence-electron chi connectivity index (χ3n) is 2.71. The van der Waals surface area contributed by atoms with Crippen molar-refractivity contribution in [2.45, 2.75) is 6.92 Å². The van der Waals surface area contributed by atoms with E-state index in [-0.39, 0.29) is 5.69 Å². The summed E-state index contributed by atoms with van der Waals surface area (Å²) < 4.78 is 23.9. The molecule has 2 aromatic rings. The second-order valence-corrected chi connectivity index (χ2v) is 4.92. The molecule has 6 nitrogen and oxygen atoms in total. The fraction of sp³-hybridized carbons (Fsp3) is 0.0769. The number of hydrogen-bond acceptors (Lipinski definition) is 4. The van der Waals surface area contributed by atoms with E-state index in [1.54, 1.807) is 24.3 Å². The smallest absolute Gasteiger partial charge is 0.269 e. The minimum absolute atomic E-state index is 0.0886. The first-order valence-corrected chi connectivity index (χ1v) is 6.73. The van der Waals surface area contributed by atoms with Crippen molar-refractivity contribution in [3.8, 4) is 0 Å². The van der Waals surface area contributed by atoms with Crippen molar-refractivity contribution in [1.29, 1.82) is 0 Å². The van der Waals surface area contributed by atoms with Crippen LogP contribution in [0.1, 0.15) is 5.56 Å². The molecule has 1 atom stereocenters. The number of non-ortho nitro benzene ring substituents is 1. The molecule has 0 aliphatic heterocycles. The zero-order valence-corrected chi connectivity index (χ0v) is 11.4. The van der Waals surface area contributed by atoms with E-state index in [9.17, 15) is 18.9 Å². The maximum absolute atomic E-state index is 11.4. The van der Waals surface area contributed by atoms with Crippen molar-refractivity contribution in [3.05, 3.63) is 64.2 Å². The zero-order chi connectivity index (χ0) is 14.7. The van der Waals surface area contributed by atoms with Gasteiger partial charge in [-0.25, -0.2) is 0 Å². The van der Waals surface area contributed by atoms with E-state index in [0.717, 1.165) is 9.87 Å². The Morgan fingerprint density at radius 2 is 1.45 bits per heavy atom. The molecule has 1 unspecified atom stereocenters. The van der Waals surface area contributed by atoms with Crippen LogP contribution < -0.4 is 4.31 Å². The largest absolute Gasteiger partial charge is 0.755 e. The highest BCUT2D eigenvalue weighted by Crippen LogP contribution is 2.28. The number of hydrogen-bond donors (Lipinski definition) is 0. The van der Waals surface area contributed by atoms with E-state index in [0.29, 0.717) is 11.4 Å². The maximum Gasteiger partial charge on any atom is 0.269 e. The fourth-order valence-electron chi connectivity index (χ4n) is 1.71. The first-order valence-electron chi connectivity index (χ1n) is 5.69. The van der Waals surface area contributed by atoms with Gasteiger partial charge in [0.05, 0.1) is 27.6 Å². The molecule has 0 bridgehead atoms. The molecular formula is C13H11N2O4S-. The minimum atomic E-state index is -2.52. The summed E-state index contributed by atoms with van der Waals surface area (Å²) in [6, 6.07) is 12.3. The summed E-state index contributed by atoms with van der Waals surface area (Å²) in [7, 11) is 0. The van der Waals surface area contributed by atoms with Crippen molar-refractivity contribution >= 4 is 28.3 Å². The number of nitrogens with zero attached hydrogens (tertiary/aromatic N) is 2. The van der Waals surface area contributed by atoms with E-state index in [2.05, 4.69) is 0 Å². The maximum atomic E-state index is 11.4. The van der Waals surface area contributed by atoms with Crippen molar-refractivity contribution in [1.82, 2.24) is 0 Å². The summed E-state index contributed by atoms with van der Waals surface area (Å²) in [6.07, 6.45) is 0. The zero-order valence-electron chi connectivity index (χ0n) is 10.6. The fourth-order valence-corrected chi connectivity index (χ4v) is 2.30. The summed E-state index contributed by atoms with van der Waals surface area (Å²) in [6.45, 7) is 1.90. The van der Waals surface area contributed by atoms with Gasteiger partial charge in [-0.1, -0.05) is 17.7 Å². The topological polar surface area (TPSA) is 86.5 Å². The van der Waals surface area contributed by atoms with Crippen LogP contribution >= 0.6 is 0 Å². The molecule has 104 valence electrons. The molecule has 0 aliphatic carbocycles. The van der Waals surface area contributed by atoms with Crippen LogP contribution in [0.2, 0.25) is 0 Å². The molecule has 7 heteroatoms. The van der Waals surface area contributed by atoms with Gasteiger partial charge in [0.1, 0.15) is 0 Å². The highest BCUT2D eigenvalue weighted by Gasteiger charge is 2.12. The molecule has 0 aliphatic rings. The number of rotatable bonds is 4. The lowest BCUT2D eigenvalue weighted by molar-refractivity contribution is -0.384. The van der Waals surface area contributed by atoms with E-state index < -0.39 is 16.2 Å². The number of aryl methyl sites for hydroxylation is 1. The molecule has 2 aromatic carbocycles. The Labute approximate surface area is 118 Å². The van der Waals surface area contributed by atoms with Gasteiger partial charge in [0.25, 0.3) is 5.69 Å². The Bertz CT molecular complexity index is 640. The lowest BCUT2D eigenvalue weighted by atomic mass is 10.2. The Balaban J connectivity index is 2.40. The third kappa shape index (κ3) is 3.01. The lowest BCUT2D eigenvalue weighted by Crippen LogP contribution is -2.19. The summed E-state index contributed by atoms with van der Waals surface area (Å²) >= 11 is -2.52. The molecule has 0 saturated heterocycles. The van der Waals surface area contributed by atoms with Crippen molar-refractivity contribution in [2.75, 3.05) is 4.31 Å². The molecule has 0 fully saturated rings. The Morgan fingerprint density at radius 1 is 1.00 bits per heavy atom. The van der Waals surface area contributed by atoms with Gasteiger partial charge in [0.15, 0.2) is 0 Å². The molecular weight excluding hydrogens is 280 g/mol. The monoisotopic (exact) mass is 291 g/mol. The summed E-state index contributed by atoms with van der Waals surface area (Å²) in [5.41, 5.74) is 1.73. The van der Waals surface area contributed by atoms with Crippen LogP contribution in [0.4, 0.5) is 17.1 Å². The normalized spacial score (nSPS) is 11.9. The number of anilines is 2. The summed E-state index contributed by atoms with van der Waals surface area (Å²) in [4.78, 5) is 10.1. The van der Waals surface area contributed by atoms with Gasteiger partial charge in [0, 0.05) is 12.1 Å². The van der Waals surface area contributed by atoms with Gasteiger partial charge in [-0.05, 0) is 31.2 Å². The standard InChI is InChI=1S/C13H12N2O4S/c1-10-2-4-11(5-3-10)14(20(18)19)12-6-8-13(9-7-12)15(16)17/h2-9H,1H3,(H,18,19)/p-1. The number of nitro benzene ring substituents is 1. The predicted molar refractivity (Wildman–Crippen MR) is 75.3 cm³/mol. The molecule has 0 N–H and O–H groups in total. The van der Waals surface area contributed by atoms with E-state index >= 15 is 0 Å². The van der Waals surface area contributed by atoms with Crippen LogP contribution in [0.5, 0.6) is 0 Å². The van der Waals surface area contributed by atoms with Crippen LogP contribution in [-0.2, 0) is 11.3 Å². The van der Waals surface area contributed by atoms with Crippen LogP contribution in [0, 0.1) is 17.0 Å². The van der Waals surface area contributed by atoms with Gasteiger partial charge in [-0.2, -0.15) is 0 Å². The summed E-state index contributed by atoms with van der Waals surface area (Å²) in [5, 5.41) is 10.6. The minimum Gasteiger partial charge on any atom is -0.755 e. The lowest BCUT2D eigenvalue weighted by Gasteiger charge is -2.26. The van der Waals surface area contributed by atoms with E-state index in [4.69, 9.17) is 0 Å². The Kier molecular flexibility index (Phi) is 4.11. The van der Waals surface area contributed by atoms with Crippen molar-refractivity contribution < 1.29 is 13.7 Å². The van der Waals surface area contributed by atoms with Crippen LogP contribution in [-0.4, -0.2) is 13.7 Å². The molecule has 0 aromatic heterocycles. The van der Waals surface area contributed by atoms with Gasteiger partial charge >= 0.3 is 0 Å². The quantitative estimate of drug-likeness (QED) is 0.492. The molecule has 0 heterocycles. The molecule has 0 radical (unpaired) electrons. The first kappa shape index (κ1) is 14.2. The van der Waals surface area contributed by atoms with Gasteiger partial charge in [0.2, 0.25) is 0 Å². The Morgan fingerprint density at radius 3 is 1.85 bits per heavy atom. The van der Waals surface area contributed by atoms with Crippen LogP contribution in [0.15, 0.2) is 48.5 Å². The molecule has 0 amide bonds. The number of nitro groups is 1. The van der Waals surface area contributed by atoms with E-state index in [1.165, 1.54) is 24.3 Å². The second-order valence-electron chi connectivity index (χ2n) is 4.12. The first-order chi connectivity index (χ1) is 9.49. The van der Waals surface area contributed by atoms with Crippen LogP contribution in [0.3, 0.4) is 0 Å². The van der Waals surface area contributed by atoms with Gasteiger partial charge in [-0.15, -0.1) is 0 Å². The molecule has 20 heavy (non-hydrogen) atoms.